The van der Waals surface area contributed by atoms with Crippen LogP contribution in [0.3, 0.4) is 0 Å². The maximum atomic E-state index is 14.4. The number of hydrogen-bond acceptors (Lipinski definition) is 17. The Kier molecular flexibility index (Phi) is 18.8. The van der Waals surface area contributed by atoms with E-state index in [1.807, 2.05) is 0 Å². The van der Waals surface area contributed by atoms with Crippen LogP contribution in [0.4, 0.5) is 0 Å². The van der Waals surface area contributed by atoms with E-state index < -0.39 is 36.3 Å². The van der Waals surface area contributed by atoms with Crippen LogP contribution in [0.1, 0.15) is 96.8 Å². The van der Waals surface area contributed by atoms with Crippen molar-refractivity contribution in [3.05, 3.63) is 34.7 Å². The van der Waals surface area contributed by atoms with Crippen LogP contribution in [0, 0.1) is 23.7 Å². The van der Waals surface area contributed by atoms with Gasteiger partial charge in [-0.25, -0.2) is 0 Å². The summed E-state index contributed by atoms with van der Waals surface area (Å²) in [5, 5.41) is 29.0. The van der Waals surface area contributed by atoms with E-state index in [1.54, 1.807) is 7.11 Å². The van der Waals surface area contributed by atoms with Crippen LogP contribution in [0.25, 0.3) is 10.4 Å². The number of hydrogen-bond donors (Lipinski definition) is 3. The van der Waals surface area contributed by atoms with Crippen molar-refractivity contribution in [3.63, 3.8) is 0 Å². The van der Waals surface area contributed by atoms with E-state index in [1.165, 1.54) is 0 Å². The van der Waals surface area contributed by atoms with Crippen molar-refractivity contribution >= 4 is 11.7 Å². The van der Waals surface area contributed by atoms with Gasteiger partial charge in [-0.2, -0.15) is 0 Å². The van der Waals surface area contributed by atoms with Crippen LogP contribution in [-0.4, -0.2) is 192 Å². The normalized spacial score (nSPS) is 41.9. The van der Waals surface area contributed by atoms with Gasteiger partial charge in [0.2, 0.25) is 5.91 Å². The maximum Gasteiger partial charge on any atom is 0.222 e. The molecule has 8 saturated heterocycles. The standard InChI is InChI=1S/C52H80N4O16/c1-29-21-34-5-7-39-30(2)22-36(66-39)9-11-52-27-38(59)45-49-46(50(45)71-52)51(72-52)48-40(70-49)8-6-35(68-48)23-32(57)24-37-42(26-41(67-34)31(29)3)69-43(47(37)61-4)25-33(58)28-54-44(60)10-13-62-15-17-64-19-20-65-18-16-63-14-12-55-56-53/h29,33-43,45-51,58-59H,2-3,5-28H2,1,4H3,(H,54,60)/t29-,33+,34+,35-,36+,37+,38-,39+,40+,41-,42+,43-,45+,46+,47-,48+,49+,50?,51-,52+/m1/s1. The summed E-state index contributed by atoms with van der Waals surface area (Å²) in [7, 11) is 1.62. The number of fused-ring (bicyclic) bond motifs is 7. The second kappa shape index (κ2) is 25.0. The van der Waals surface area contributed by atoms with Gasteiger partial charge in [-0.1, -0.05) is 25.2 Å². The molecule has 9 bridgehead atoms. The molecule has 0 aromatic heterocycles. The summed E-state index contributed by atoms with van der Waals surface area (Å²) in [6.45, 7) is 14.2. The smallest absolute Gasteiger partial charge is 0.222 e. The van der Waals surface area contributed by atoms with Crippen molar-refractivity contribution in [2.24, 2.45) is 28.8 Å². The second-order valence-corrected chi connectivity index (χ2v) is 21.7. The molecule has 20 heteroatoms. The highest BCUT2D eigenvalue weighted by molar-refractivity contribution is 5.79. The molecule has 9 aliphatic rings. The zero-order valence-electron chi connectivity index (χ0n) is 42.3. The Bertz CT molecular complexity index is 1910. The van der Waals surface area contributed by atoms with E-state index >= 15 is 0 Å². The number of carbonyl (C=O) groups excluding carboxylic acids is 2. The van der Waals surface area contributed by atoms with Gasteiger partial charge in [0.1, 0.15) is 11.9 Å². The lowest BCUT2D eigenvalue weighted by atomic mass is 9.57. The fraction of sp³-hybridized carbons (Fsp3) is 0.885. The van der Waals surface area contributed by atoms with E-state index in [0.717, 1.165) is 43.3 Å². The summed E-state index contributed by atoms with van der Waals surface area (Å²) in [5.41, 5.74) is 10.4. The van der Waals surface area contributed by atoms with Crippen LogP contribution in [0.2, 0.25) is 0 Å². The Morgan fingerprint density at radius 2 is 1.51 bits per heavy atom. The Labute approximate surface area is 423 Å². The Balaban J connectivity index is 0.800. The number of Topliss-reactive ketones (excluding diaryl/α,β-unsaturated/α-hetero) is 1. The fourth-order valence-corrected chi connectivity index (χ4v) is 13.3. The van der Waals surface area contributed by atoms with Crippen molar-refractivity contribution in [1.29, 1.82) is 0 Å². The Morgan fingerprint density at radius 3 is 2.28 bits per heavy atom. The van der Waals surface area contributed by atoms with E-state index in [9.17, 15) is 19.8 Å². The van der Waals surface area contributed by atoms with E-state index in [0.29, 0.717) is 78.4 Å². The molecule has 8 aliphatic heterocycles. The minimum absolute atomic E-state index is 0.0113. The molecule has 404 valence electrons. The Morgan fingerprint density at radius 1 is 0.806 bits per heavy atom. The zero-order valence-corrected chi connectivity index (χ0v) is 42.3. The number of aliphatic hydroxyl groups is 2. The molecule has 72 heavy (non-hydrogen) atoms. The molecule has 9 rings (SSSR count). The van der Waals surface area contributed by atoms with Gasteiger partial charge in [0.25, 0.3) is 0 Å². The Hall–Kier alpha value is -2.63. The van der Waals surface area contributed by atoms with E-state index in [-0.39, 0.29) is 142 Å². The molecular weight excluding hydrogens is 937 g/mol. The maximum absolute atomic E-state index is 14.4. The van der Waals surface area contributed by atoms with Crippen molar-refractivity contribution in [2.45, 2.75) is 194 Å². The third-order valence-electron chi connectivity index (χ3n) is 16.9. The number of aliphatic hydroxyl groups excluding tert-OH is 2. The highest BCUT2D eigenvalue weighted by atomic mass is 16.7. The molecule has 0 aromatic rings. The number of methoxy groups -OCH3 is 1. The molecule has 1 amide bonds. The highest BCUT2D eigenvalue weighted by Gasteiger charge is 2.72. The third kappa shape index (κ3) is 12.8. The quantitative estimate of drug-likeness (QED) is 0.0509. The summed E-state index contributed by atoms with van der Waals surface area (Å²) in [6, 6.07) is 0. The average Bonchev–Trinajstić information content (AvgIpc) is 3.87. The van der Waals surface area contributed by atoms with Crippen molar-refractivity contribution in [1.82, 2.24) is 5.32 Å². The number of ketones is 1. The molecule has 1 saturated carbocycles. The SMILES string of the molecule is C=C1C[C@@H]2CC[C@]34C[C@@H](O)[C@@H]5C(O3)[C@@H]3[C@H]5O[C@H]5CC[C@H](CC(=O)C[C@@H]6[C@@H](OC)[C@@H](C[C@H](O)CNC(=O)CCOCCOCCOCCOCCN=[N+]=[N-])O[C@H]6C[C@H]6O[C@@H](CC[C@@H]1O2)C[C@@H](C)C6=C)O[C@@H]5[C@@H]3O4. The summed E-state index contributed by atoms with van der Waals surface area (Å²) < 4.78 is 75.7. The topological polar surface area (TPSA) is 246 Å². The third-order valence-corrected chi connectivity index (χ3v) is 16.9. The van der Waals surface area contributed by atoms with E-state index in [4.69, 9.17) is 62.4 Å². The molecule has 0 aromatic carbocycles. The first-order chi connectivity index (χ1) is 34.9. The van der Waals surface area contributed by atoms with Crippen LogP contribution >= 0.6 is 0 Å². The van der Waals surface area contributed by atoms with Crippen LogP contribution < -0.4 is 5.32 Å². The number of nitrogens with one attached hydrogen (secondary N) is 1. The average molecular weight is 1020 g/mol. The largest absolute Gasteiger partial charge is 0.392 e. The van der Waals surface area contributed by atoms with Gasteiger partial charge in [-0.3, -0.25) is 9.59 Å². The van der Waals surface area contributed by atoms with Gasteiger partial charge in [0, 0.05) is 87.8 Å². The fourth-order valence-electron chi connectivity index (χ4n) is 13.3. The molecule has 1 spiro atoms. The number of ether oxygens (including phenoxy) is 12. The number of nitrogens with zero attached hydrogens (tertiary/aromatic N) is 3. The van der Waals surface area contributed by atoms with Crippen molar-refractivity contribution in [2.75, 3.05) is 73.1 Å². The summed E-state index contributed by atoms with van der Waals surface area (Å²) >= 11 is 0. The molecule has 8 heterocycles. The highest BCUT2D eigenvalue weighted by Crippen LogP contribution is 2.60. The first kappa shape index (κ1) is 54.2. The molecule has 0 radical (unpaired) electrons. The first-order valence-electron chi connectivity index (χ1n) is 26.9. The molecule has 1 aliphatic carbocycles. The first-order valence-corrected chi connectivity index (χ1v) is 26.9. The van der Waals surface area contributed by atoms with Gasteiger partial charge in [-0.15, -0.1) is 0 Å². The number of azide groups is 1. The number of carbonyl (C=O) groups is 2. The van der Waals surface area contributed by atoms with Gasteiger partial charge in [-0.05, 0) is 67.5 Å². The molecule has 1 unspecified atom stereocenters. The summed E-state index contributed by atoms with van der Waals surface area (Å²) in [4.78, 5) is 29.8. The lowest BCUT2D eigenvalue weighted by Crippen LogP contribution is -2.81. The lowest BCUT2D eigenvalue weighted by Gasteiger charge is -2.69. The number of amides is 1. The van der Waals surface area contributed by atoms with Crippen LogP contribution in [0.5, 0.6) is 0 Å². The molecule has 20 atom stereocenters. The van der Waals surface area contributed by atoms with Crippen molar-refractivity contribution in [3.8, 4) is 0 Å². The van der Waals surface area contributed by atoms with Crippen molar-refractivity contribution < 1.29 is 76.6 Å². The van der Waals surface area contributed by atoms with Gasteiger partial charge < -0.3 is 72.4 Å². The summed E-state index contributed by atoms with van der Waals surface area (Å²) in [5.74, 6) is -1.44. The van der Waals surface area contributed by atoms with Crippen LogP contribution in [-0.2, 0) is 66.4 Å². The summed E-state index contributed by atoms with van der Waals surface area (Å²) in [6.07, 6.45) is 2.44. The minimum atomic E-state index is -0.953. The number of rotatable bonds is 20. The van der Waals surface area contributed by atoms with Gasteiger partial charge >= 0.3 is 0 Å². The monoisotopic (exact) mass is 1020 g/mol. The minimum Gasteiger partial charge on any atom is -0.392 e. The predicted octanol–water partition coefficient (Wildman–Crippen LogP) is 4.20. The van der Waals surface area contributed by atoms with Gasteiger partial charge in [0.15, 0.2) is 5.79 Å². The molecular formula is C52H80N4O16. The molecule has 20 nitrogen and oxygen atoms in total. The second-order valence-electron chi connectivity index (χ2n) is 21.7. The zero-order chi connectivity index (χ0) is 50.4. The molecule has 9 fully saturated rings. The molecule has 3 N–H and O–H groups in total. The van der Waals surface area contributed by atoms with E-state index in [2.05, 4.69) is 35.4 Å². The van der Waals surface area contributed by atoms with Crippen LogP contribution in [0.15, 0.2) is 29.4 Å². The van der Waals surface area contributed by atoms with Gasteiger partial charge in [0.05, 0.1) is 138 Å². The lowest BCUT2D eigenvalue weighted by molar-refractivity contribution is -0.470. The predicted molar refractivity (Wildman–Crippen MR) is 256 cm³/mol.